The van der Waals surface area contributed by atoms with E-state index >= 15 is 0 Å². The first kappa shape index (κ1) is 23.7. The molecule has 1 unspecified atom stereocenters. The molecular formula is C26H29N3O2S. The topological polar surface area (TPSA) is 77.4 Å². The van der Waals surface area contributed by atoms with Crippen LogP contribution in [0.15, 0.2) is 70.6 Å². The van der Waals surface area contributed by atoms with Gasteiger partial charge >= 0.3 is 0 Å². The lowest BCUT2D eigenvalue weighted by Gasteiger charge is -2.26. The molecule has 0 bridgehead atoms. The maximum Gasteiger partial charge on any atom is 0.218 e. The number of hydrogen-bond acceptors (Lipinski definition) is 5. The molecule has 1 aliphatic heterocycles. The molecule has 2 heterocycles. The molecular weight excluding hydrogens is 418 g/mol. The molecule has 2 aliphatic rings. The van der Waals surface area contributed by atoms with E-state index in [1.165, 1.54) is 6.92 Å². The molecule has 4 rings (SSSR count). The minimum absolute atomic E-state index is 0.139. The second-order valence-electron chi connectivity index (χ2n) is 7.75. The van der Waals surface area contributed by atoms with Gasteiger partial charge in [-0.25, -0.2) is 0 Å². The van der Waals surface area contributed by atoms with Crippen LogP contribution in [0.4, 0.5) is 5.69 Å². The summed E-state index contributed by atoms with van der Waals surface area (Å²) in [7, 11) is 0. The van der Waals surface area contributed by atoms with Gasteiger partial charge < -0.3 is 10.3 Å². The Labute approximate surface area is 194 Å². The van der Waals surface area contributed by atoms with Gasteiger partial charge in [0.1, 0.15) is 5.69 Å². The normalized spacial score (nSPS) is 18.5. The number of aliphatic imine (C=N–C) groups is 1. The van der Waals surface area contributed by atoms with Crippen LogP contribution in [-0.2, 0) is 12.1 Å². The molecule has 1 atom stereocenters. The maximum absolute atomic E-state index is 12.8. The molecule has 5 nitrogen and oxygen atoms in total. The van der Waals surface area contributed by atoms with E-state index in [-0.39, 0.29) is 22.5 Å². The number of nitrogens with two attached hydrogens (primary N) is 1. The third-order valence-corrected chi connectivity index (χ3v) is 5.74. The number of thiol groups is 1. The van der Waals surface area contributed by atoms with Crippen molar-refractivity contribution >= 4 is 35.9 Å². The molecule has 1 aromatic carbocycles. The van der Waals surface area contributed by atoms with E-state index in [2.05, 4.69) is 60.1 Å². The van der Waals surface area contributed by atoms with E-state index < -0.39 is 5.54 Å². The molecule has 0 saturated carbocycles. The third kappa shape index (κ3) is 4.47. The van der Waals surface area contributed by atoms with Crippen molar-refractivity contribution in [1.82, 2.24) is 4.57 Å². The minimum Gasteiger partial charge on any atom is -0.342 e. The standard InChI is InChI=1S/C25H25N3O2.CH4S/c1-3-25(26)16-27-22-23(30)21(17(2)29)15-28(24(22)25)14-19-12-8-9-13-20(19)18-10-6-4-5-7-11-18;1-2/h4,6-13,15-16H,3,5,14,26H2,1-2H3;2H,1H3. The Bertz CT molecular complexity index is 1200. The molecule has 32 heavy (non-hydrogen) atoms. The summed E-state index contributed by atoms with van der Waals surface area (Å²) in [6, 6.07) is 8.17. The second-order valence-corrected chi connectivity index (χ2v) is 7.75. The van der Waals surface area contributed by atoms with Crippen molar-refractivity contribution in [3.63, 3.8) is 0 Å². The first-order valence-corrected chi connectivity index (χ1v) is 11.5. The van der Waals surface area contributed by atoms with Crippen LogP contribution in [0.2, 0.25) is 0 Å². The Balaban J connectivity index is 0.00000141. The van der Waals surface area contributed by atoms with Gasteiger partial charge in [-0.2, -0.15) is 12.6 Å². The fourth-order valence-corrected chi connectivity index (χ4v) is 4.02. The highest BCUT2D eigenvalue weighted by Crippen LogP contribution is 2.34. The van der Waals surface area contributed by atoms with Crippen LogP contribution < -0.4 is 11.2 Å². The van der Waals surface area contributed by atoms with Crippen molar-refractivity contribution in [1.29, 1.82) is 0 Å². The molecule has 2 N–H and O–H groups in total. The number of allylic oxidation sites excluding steroid dienone is 6. The van der Waals surface area contributed by atoms with Crippen molar-refractivity contribution in [2.75, 3.05) is 6.26 Å². The van der Waals surface area contributed by atoms with Gasteiger partial charge in [0.15, 0.2) is 5.78 Å². The van der Waals surface area contributed by atoms with Crippen molar-refractivity contribution in [3.8, 4) is 0 Å². The molecule has 0 spiro atoms. The number of Topliss-reactive ketones (excluding diaryl/α,β-unsaturated/α-hetero) is 1. The zero-order valence-corrected chi connectivity index (χ0v) is 19.6. The van der Waals surface area contributed by atoms with E-state index in [9.17, 15) is 9.59 Å². The molecule has 166 valence electrons. The van der Waals surface area contributed by atoms with Gasteiger partial charge in [0.05, 0.1) is 16.8 Å². The van der Waals surface area contributed by atoms with E-state index in [1.54, 1.807) is 18.7 Å². The minimum atomic E-state index is -0.830. The number of ketones is 1. The van der Waals surface area contributed by atoms with Crippen molar-refractivity contribution in [3.05, 3.63) is 93.5 Å². The van der Waals surface area contributed by atoms with Crippen LogP contribution in [0.25, 0.3) is 5.57 Å². The van der Waals surface area contributed by atoms with Crippen LogP contribution in [0.1, 0.15) is 53.9 Å². The highest BCUT2D eigenvalue weighted by atomic mass is 32.1. The Hall–Kier alpha value is -2.96. The number of carbonyl (C=O) groups excluding carboxylic acids is 1. The lowest BCUT2D eigenvalue weighted by molar-refractivity contribution is 0.101. The van der Waals surface area contributed by atoms with E-state index in [0.29, 0.717) is 18.7 Å². The average Bonchev–Trinajstić information content (AvgIpc) is 2.98. The summed E-state index contributed by atoms with van der Waals surface area (Å²) in [5.74, 6) is -0.273. The highest BCUT2D eigenvalue weighted by molar-refractivity contribution is 7.79. The van der Waals surface area contributed by atoms with Crippen molar-refractivity contribution in [2.24, 2.45) is 10.7 Å². The number of benzene rings is 1. The highest BCUT2D eigenvalue weighted by Gasteiger charge is 2.36. The van der Waals surface area contributed by atoms with Gasteiger partial charge in [0.25, 0.3) is 0 Å². The van der Waals surface area contributed by atoms with Crippen molar-refractivity contribution < 1.29 is 4.79 Å². The van der Waals surface area contributed by atoms with E-state index in [1.807, 2.05) is 23.6 Å². The van der Waals surface area contributed by atoms with E-state index in [4.69, 9.17) is 5.73 Å². The van der Waals surface area contributed by atoms with Gasteiger partial charge in [-0.1, -0.05) is 61.6 Å². The molecule has 0 saturated heterocycles. The fourth-order valence-electron chi connectivity index (χ4n) is 4.02. The zero-order chi connectivity index (χ0) is 23.3. The number of rotatable bonds is 5. The second kappa shape index (κ2) is 10.1. The fraction of sp³-hybridized carbons (Fsp3) is 0.269. The van der Waals surface area contributed by atoms with Gasteiger partial charge in [0.2, 0.25) is 5.43 Å². The van der Waals surface area contributed by atoms with Gasteiger partial charge in [0, 0.05) is 19.0 Å². The third-order valence-electron chi connectivity index (χ3n) is 5.74. The lowest BCUT2D eigenvalue weighted by atomic mass is 9.93. The van der Waals surface area contributed by atoms with Crippen LogP contribution in [0.3, 0.4) is 0 Å². The average molecular weight is 448 g/mol. The molecule has 6 heteroatoms. The first-order valence-electron chi connectivity index (χ1n) is 10.6. The van der Waals surface area contributed by atoms with Gasteiger partial charge in [-0.05, 0) is 42.7 Å². The summed E-state index contributed by atoms with van der Waals surface area (Å²) in [5.41, 5.74) is 9.81. The van der Waals surface area contributed by atoms with Crippen LogP contribution in [0, 0.1) is 0 Å². The van der Waals surface area contributed by atoms with Crippen LogP contribution in [-0.4, -0.2) is 22.8 Å². The predicted octanol–water partition coefficient (Wildman–Crippen LogP) is 4.82. The number of nitrogens with zero attached hydrogens (tertiary/aromatic N) is 2. The number of fused-ring (bicyclic) bond motifs is 1. The SMILES string of the molecule is CCC1(N)C=Nc2c1n(Cc1ccccc1C1=CC=CCC=C1)cc(C(C)=O)c2=O.CS. The Morgan fingerprint density at radius 2 is 2.00 bits per heavy atom. The molecule has 0 amide bonds. The van der Waals surface area contributed by atoms with Gasteiger partial charge in [-0.3, -0.25) is 14.6 Å². The van der Waals surface area contributed by atoms with Crippen molar-refractivity contribution in [2.45, 2.75) is 38.8 Å². The molecule has 0 fully saturated rings. The number of pyridine rings is 1. The summed E-state index contributed by atoms with van der Waals surface area (Å²) >= 11 is 3.53. The summed E-state index contributed by atoms with van der Waals surface area (Å²) < 4.78 is 1.93. The Kier molecular flexibility index (Phi) is 7.48. The quantitative estimate of drug-likeness (QED) is 0.509. The molecule has 2 aromatic rings. The van der Waals surface area contributed by atoms with Gasteiger partial charge in [-0.15, -0.1) is 0 Å². The maximum atomic E-state index is 12.8. The smallest absolute Gasteiger partial charge is 0.218 e. The molecule has 1 aliphatic carbocycles. The number of aromatic nitrogens is 1. The summed E-state index contributed by atoms with van der Waals surface area (Å²) in [4.78, 5) is 29.3. The monoisotopic (exact) mass is 447 g/mol. The number of hydrogen-bond donors (Lipinski definition) is 2. The number of carbonyl (C=O) groups is 1. The summed E-state index contributed by atoms with van der Waals surface area (Å²) in [6.45, 7) is 3.86. The largest absolute Gasteiger partial charge is 0.342 e. The lowest BCUT2D eigenvalue weighted by Crippen LogP contribution is -2.39. The summed E-state index contributed by atoms with van der Waals surface area (Å²) in [6.07, 6.45) is 17.0. The molecule has 1 aromatic heterocycles. The van der Waals surface area contributed by atoms with Crippen LogP contribution in [0.5, 0.6) is 0 Å². The predicted molar refractivity (Wildman–Crippen MR) is 136 cm³/mol. The van der Waals surface area contributed by atoms with E-state index in [0.717, 1.165) is 23.1 Å². The molecule has 0 radical (unpaired) electrons. The van der Waals surface area contributed by atoms with Crippen LogP contribution >= 0.6 is 12.6 Å². The first-order chi connectivity index (χ1) is 15.4. The zero-order valence-electron chi connectivity index (χ0n) is 18.7. The Morgan fingerprint density at radius 1 is 1.25 bits per heavy atom. The Morgan fingerprint density at radius 3 is 2.72 bits per heavy atom. The summed E-state index contributed by atoms with van der Waals surface area (Å²) in [5, 5.41) is 0.